The monoisotopic (exact) mass is 458 g/mol. The van der Waals surface area contributed by atoms with E-state index >= 15 is 0 Å². The van der Waals surface area contributed by atoms with Crippen LogP contribution in [0.4, 0.5) is 0 Å². The fourth-order valence-corrected chi connectivity index (χ4v) is 3.11. The van der Waals surface area contributed by atoms with Crippen molar-refractivity contribution in [3.63, 3.8) is 0 Å². The van der Waals surface area contributed by atoms with E-state index in [2.05, 4.69) is 52.0 Å². The standard InChI is InChI=1S/2C11H17.2ClH.Zr/c2*1-3-6-10-8-5-9-11(10)7-4-2;;;/h2*8H,3-7H2,1-2H3;2*1H;/q2*-1;;;+4/p-2. The first kappa shape index (κ1) is 30.2. The van der Waals surface area contributed by atoms with Crippen molar-refractivity contribution < 1.29 is 51.0 Å². The van der Waals surface area contributed by atoms with Crippen LogP contribution in [0.25, 0.3) is 0 Å². The Morgan fingerprint density at radius 2 is 0.960 bits per heavy atom. The average Bonchev–Trinajstić information content (AvgIpc) is 3.12. The zero-order valence-electron chi connectivity index (χ0n) is 16.5. The van der Waals surface area contributed by atoms with Crippen molar-refractivity contribution in [1.82, 2.24) is 0 Å². The molecule has 3 heteroatoms. The predicted molar refractivity (Wildman–Crippen MR) is 98.5 cm³/mol. The molecule has 0 aromatic rings. The second-order valence-corrected chi connectivity index (χ2v) is 6.18. The van der Waals surface area contributed by atoms with E-state index in [9.17, 15) is 0 Å². The molecule has 0 bridgehead atoms. The Kier molecular flexibility index (Phi) is 23.2. The molecule has 0 nitrogen and oxygen atoms in total. The minimum Gasteiger partial charge on any atom is -1.00 e. The maximum atomic E-state index is 3.42. The Bertz CT molecular complexity index is 363. The molecule has 0 heterocycles. The molecule has 0 spiro atoms. The van der Waals surface area contributed by atoms with Crippen LogP contribution in [-0.2, 0) is 26.2 Å². The number of hydrogen-bond acceptors (Lipinski definition) is 0. The normalized spacial score (nSPS) is 14.6. The molecule has 0 aromatic carbocycles. The zero-order chi connectivity index (χ0) is 16.2. The SMILES string of the molecule is CCCC1=[C-]CC=C1CCC.CCCC1=[C-]CC=C1CCC.[Cl-].[Cl-].[Zr+4]. The van der Waals surface area contributed by atoms with Crippen molar-refractivity contribution >= 4 is 0 Å². The molecule has 2 aliphatic carbocycles. The average molecular weight is 461 g/mol. The Balaban J connectivity index is -0.000000346. The van der Waals surface area contributed by atoms with Gasteiger partial charge < -0.3 is 24.8 Å². The van der Waals surface area contributed by atoms with Crippen LogP contribution in [0.5, 0.6) is 0 Å². The molecule has 2 aliphatic rings. The number of halogens is 2. The topological polar surface area (TPSA) is 0 Å². The fraction of sp³-hybridized carbons (Fsp3) is 0.636. The Labute approximate surface area is 188 Å². The summed E-state index contributed by atoms with van der Waals surface area (Å²) in [5.41, 5.74) is 6.12. The number of allylic oxidation sites excluding steroid dienone is 8. The molecule has 140 valence electrons. The van der Waals surface area contributed by atoms with Crippen LogP contribution in [0.2, 0.25) is 0 Å². The summed E-state index contributed by atoms with van der Waals surface area (Å²) in [4.78, 5) is 0. The molecule has 0 fully saturated rings. The summed E-state index contributed by atoms with van der Waals surface area (Å²) in [5.74, 6) is 0. The summed E-state index contributed by atoms with van der Waals surface area (Å²) < 4.78 is 0. The first-order valence-corrected chi connectivity index (χ1v) is 9.34. The van der Waals surface area contributed by atoms with E-state index in [1.807, 2.05) is 0 Å². The maximum absolute atomic E-state index is 3.42. The van der Waals surface area contributed by atoms with Crippen molar-refractivity contribution in [2.24, 2.45) is 0 Å². The van der Waals surface area contributed by atoms with E-state index in [0.29, 0.717) is 0 Å². The zero-order valence-corrected chi connectivity index (χ0v) is 20.5. The van der Waals surface area contributed by atoms with Crippen LogP contribution in [0.3, 0.4) is 0 Å². The third-order valence-electron chi connectivity index (χ3n) is 4.14. The molecule has 0 saturated heterocycles. The minimum atomic E-state index is 0. The molecule has 0 aromatic heterocycles. The molecule has 25 heavy (non-hydrogen) atoms. The van der Waals surface area contributed by atoms with Gasteiger partial charge in [-0.05, 0) is 0 Å². The van der Waals surface area contributed by atoms with E-state index in [4.69, 9.17) is 0 Å². The predicted octanol–water partition coefficient (Wildman–Crippen LogP) is 1.30. The van der Waals surface area contributed by atoms with Crippen molar-refractivity contribution in [2.75, 3.05) is 0 Å². The molecule has 0 unspecified atom stereocenters. The van der Waals surface area contributed by atoms with Gasteiger partial charge in [0.05, 0.1) is 0 Å². The van der Waals surface area contributed by atoms with Gasteiger partial charge in [-0.15, -0.1) is 12.8 Å². The Morgan fingerprint density at radius 1 is 0.640 bits per heavy atom. The van der Waals surface area contributed by atoms with Gasteiger partial charge in [0.25, 0.3) is 0 Å². The largest absolute Gasteiger partial charge is 4.00 e. The van der Waals surface area contributed by atoms with Crippen LogP contribution >= 0.6 is 0 Å². The molecule has 0 saturated carbocycles. The second kappa shape index (κ2) is 19.2. The van der Waals surface area contributed by atoms with E-state index in [1.165, 1.54) is 62.5 Å². The molecule has 2 rings (SSSR count). The summed E-state index contributed by atoms with van der Waals surface area (Å²) in [6.07, 6.45) is 23.6. The van der Waals surface area contributed by atoms with Gasteiger partial charge in [-0.3, -0.25) is 12.2 Å². The third-order valence-corrected chi connectivity index (χ3v) is 4.14. The summed E-state index contributed by atoms with van der Waals surface area (Å²) >= 11 is 0. The van der Waals surface area contributed by atoms with Gasteiger partial charge in [0.15, 0.2) is 0 Å². The van der Waals surface area contributed by atoms with Crippen molar-refractivity contribution in [3.05, 3.63) is 46.6 Å². The number of hydrogen-bond donors (Lipinski definition) is 0. The molecular formula is C22H34Cl2Zr. The summed E-state index contributed by atoms with van der Waals surface area (Å²) in [5, 5.41) is 0. The van der Waals surface area contributed by atoms with Crippen LogP contribution in [0, 0.1) is 12.2 Å². The van der Waals surface area contributed by atoms with Gasteiger partial charge in [0.1, 0.15) is 0 Å². The molecule has 0 atom stereocenters. The van der Waals surface area contributed by atoms with Crippen LogP contribution in [0.15, 0.2) is 34.4 Å². The maximum Gasteiger partial charge on any atom is 4.00 e. The van der Waals surface area contributed by atoms with E-state index in [-0.39, 0.29) is 51.0 Å². The Morgan fingerprint density at radius 3 is 1.24 bits per heavy atom. The second-order valence-electron chi connectivity index (χ2n) is 6.18. The van der Waals surface area contributed by atoms with Crippen LogP contribution < -0.4 is 24.8 Å². The van der Waals surface area contributed by atoms with Gasteiger partial charge >= 0.3 is 26.2 Å². The Hall–Kier alpha value is 0.423. The van der Waals surface area contributed by atoms with Crippen LogP contribution in [0.1, 0.15) is 91.9 Å². The number of rotatable bonds is 8. The van der Waals surface area contributed by atoms with E-state index in [0.717, 1.165) is 12.8 Å². The van der Waals surface area contributed by atoms with Crippen LogP contribution in [-0.4, -0.2) is 0 Å². The molecule has 0 N–H and O–H groups in total. The van der Waals surface area contributed by atoms with E-state index in [1.54, 1.807) is 11.1 Å². The van der Waals surface area contributed by atoms with E-state index < -0.39 is 0 Å². The van der Waals surface area contributed by atoms with Crippen molar-refractivity contribution in [2.45, 2.75) is 91.9 Å². The van der Waals surface area contributed by atoms with Gasteiger partial charge in [-0.25, -0.2) is 11.1 Å². The van der Waals surface area contributed by atoms with Gasteiger partial charge in [0, 0.05) is 0 Å². The first-order valence-electron chi connectivity index (χ1n) is 9.34. The summed E-state index contributed by atoms with van der Waals surface area (Å²) in [6, 6.07) is 0. The van der Waals surface area contributed by atoms with Gasteiger partial charge in [0.2, 0.25) is 0 Å². The van der Waals surface area contributed by atoms with Gasteiger partial charge in [-0.2, -0.15) is 23.3 Å². The van der Waals surface area contributed by atoms with Crippen molar-refractivity contribution in [1.29, 1.82) is 0 Å². The molecule has 0 radical (unpaired) electrons. The minimum absolute atomic E-state index is 0. The molecular weight excluding hydrogens is 426 g/mol. The third kappa shape index (κ3) is 11.7. The molecule has 0 amide bonds. The first-order chi connectivity index (χ1) is 10.8. The smallest absolute Gasteiger partial charge is 1.00 e. The summed E-state index contributed by atoms with van der Waals surface area (Å²) in [7, 11) is 0. The fourth-order valence-electron chi connectivity index (χ4n) is 3.11. The van der Waals surface area contributed by atoms with Crippen molar-refractivity contribution in [3.8, 4) is 0 Å². The quantitative estimate of drug-likeness (QED) is 0.479. The summed E-state index contributed by atoms with van der Waals surface area (Å²) in [6.45, 7) is 8.94. The van der Waals surface area contributed by atoms with Gasteiger partial charge in [-0.1, -0.05) is 79.1 Å². The molecule has 0 aliphatic heterocycles.